The van der Waals surface area contributed by atoms with Crippen LogP contribution >= 0.6 is 0 Å². The Morgan fingerprint density at radius 2 is 1.89 bits per heavy atom. The van der Waals surface area contributed by atoms with Crippen molar-refractivity contribution in [2.24, 2.45) is 11.7 Å². The van der Waals surface area contributed by atoms with Crippen molar-refractivity contribution in [3.8, 4) is 0 Å². The van der Waals surface area contributed by atoms with Gasteiger partial charge in [-0.2, -0.15) is 0 Å². The highest BCUT2D eigenvalue weighted by Gasteiger charge is 2.15. The molecule has 0 saturated heterocycles. The van der Waals surface area contributed by atoms with E-state index >= 15 is 0 Å². The van der Waals surface area contributed by atoms with E-state index in [1.54, 1.807) is 12.1 Å². The second-order valence-corrected chi connectivity index (χ2v) is 5.28. The van der Waals surface area contributed by atoms with Crippen molar-refractivity contribution < 1.29 is 4.79 Å². The van der Waals surface area contributed by atoms with Crippen LogP contribution in [0.15, 0.2) is 18.2 Å². The Kier molecular flexibility index (Phi) is 4.59. The lowest BCUT2D eigenvalue weighted by Gasteiger charge is -2.31. The first-order valence-electron chi connectivity index (χ1n) is 6.29. The molecule has 18 heavy (non-hydrogen) atoms. The first-order valence-corrected chi connectivity index (χ1v) is 6.29. The number of nitrogens with two attached hydrogens (primary N) is 2. The Bertz CT molecular complexity index is 427. The number of hydrogen-bond acceptors (Lipinski definition) is 3. The monoisotopic (exact) mass is 249 g/mol. The summed E-state index contributed by atoms with van der Waals surface area (Å²) in [5.74, 6) is 0.0598. The molecular weight excluding hydrogens is 226 g/mol. The molecule has 4 N–H and O–H groups in total. The molecular formula is C14H23N3O. The Balaban J connectivity index is 3.13. The molecule has 4 heteroatoms. The molecule has 0 fully saturated rings. The number of anilines is 2. The number of hydrogen-bond donors (Lipinski definition) is 2. The summed E-state index contributed by atoms with van der Waals surface area (Å²) in [6, 6.07) is 5.81. The zero-order chi connectivity index (χ0) is 13.9. The SMILES string of the molecule is CC(C)CN(c1ccc(N)c(C(N)=O)c1)C(C)C. The zero-order valence-electron chi connectivity index (χ0n) is 11.6. The zero-order valence-corrected chi connectivity index (χ0v) is 11.6. The third-order valence-corrected chi connectivity index (χ3v) is 2.82. The highest BCUT2D eigenvalue weighted by Crippen LogP contribution is 2.23. The van der Waals surface area contributed by atoms with Gasteiger partial charge in [-0.1, -0.05) is 13.8 Å². The lowest BCUT2D eigenvalue weighted by Crippen LogP contribution is -2.34. The van der Waals surface area contributed by atoms with E-state index in [4.69, 9.17) is 11.5 Å². The topological polar surface area (TPSA) is 72.3 Å². The lowest BCUT2D eigenvalue weighted by molar-refractivity contribution is 0.100. The molecule has 0 radical (unpaired) electrons. The maximum absolute atomic E-state index is 11.3. The van der Waals surface area contributed by atoms with E-state index in [-0.39, 0.29) is 0 Å². The summed E-state index contributed by atoms with van der Waals surface area (Å²) >= 11 is 0. The molecule has 1 aromatic carbocycles. The number of carbonyl (C=O) groups is 1. The van der Waals surface area contributed by atoms with Gasteiger partial charge in [0.15, 0.2) is 0 Å². The number of primary amides is 1. The third kappa shape index (κ3) is 3.39. The molecule has 0 unspecified atom stereocenters. The van der Waals surface area contributed by atoms with Crippen LogP contribution in [0.3, 0.4) is 0 Å². The van der Waals surface area contributed by atoms with E-state index in [9.17, 15) is 4.79 Å². The van der Waals surface area contributed by atoms with Crippen LogP contribution in [0.5, 0.6) is 0 Å². The normalized spacial score (nSPS) is 11.0. The van der Waals surface area contributed by atoms with Gasteiger partial charge < -0.3 is 16.4 Å². The van der Waals surface area contributed by atoms with Crippen molar-refractivity contribution in [3.05, 3.63) is 23.8 Å². The number of amides is 1. The summed E-state index contributed by atoms with van der Waals surface area (Å²) in [7, 11) is 0. The highest BCUT2D eigenvalue weighted by molar-refractivity contribution is 5.99. The lowest BCUT2D eigenvalue weighted by atomic mass is 10.1. The molecule has 0 saturated carbocycles. The van der Waals surface area contributed by atoms with Gasteiger partial charge >= 0.3 is 0 Å². The maximum atomic E-state index is 11.3. The van der Waals surface area contributed by atoms with Crippen molar-refractivity contribution >= 4 is 17.3 Å². The van der Waals surface area contributed by atoms with Gasteiger partial charge in [-0.15, -0.1) is 0 Å². The molecule has 0 spiro atoms. The van der Waals surface area contributed by atoms with Gasteiger partial charge in [-0.3, -0.25) is 4.79 Å². The van der Waals surface area contributed by atoms with Crippen LogP contribution in [0, 0.1) is 5.92 Å². The predicted octanol–water partition coefficient (Wildman–Crippen LogP) is 2.24. The van der Waals surface area contributed by atoms with Crippen molar-refractivity contribution in [2.45, 2.75) is 33.7 Å². The van der Waals surface area contributed by atoms with Gasteiger partial charge in [-0.25, -0.2) is 0 Å². The van der Waals surface area contributed by atoms with Crippen molar-refractivity contribution in [2.75, 3.05) is 17.2 Å². The maximum Gasteiger partial charge on any atom is 0.250 e. The first-order chi connectivity index (χ1) is 8.32. The average Bonchev–Trinajstić information content (AvgIpc) is 2.26. The number of benzene rings is 1. The van der Waals surface area contributed by atoms with E-state index in [2.05, 4.69) is 32.6 Å². The Labute approximate surface area is 109 Å². The van der Waals surface area contributed by atoms with E-state index in [1.807, 2.05) is 6.07 Å². The molecule has 1 rings (SSSR count). The van der Waals surface area contributed by atoms with Crippen LogP contribution in [-0.4, -0.2) is 18.5 Å². The second-order valence-electron chi connectivity index (χ2n) is 5.28. The van der Waals surface area contributed by atoms with Crippen LogP contribution in [0.4, 0.5) is 11.4 Å². The van der Waals surface area contributed by atoms with E-state index in [0.29, 0.717) is 23.2 Å². The van der Waals surface area contributed by atoms with Crippen LogP contribution in [0.2, 0.25) is 0 Å². The molecule has 0 aliphatic rings. The molecule has 100 valence electrons. The van der Waals surface area contributed by atoms with Crippen molar-refractivity contribution in [3.63, 3.8) is 0 Å². The van der Waals surface area contributed by atoms with E-state index in [0.717, 1.165) is 12.2 Å². The van der Waals surface area contributed by atoms with Gasteiger partial charge in [0.1, 0.15) is 0 Å². The van der Waals surface area contributed by atoms with E-state index < -0.39 is 5.91 Å². The summed E-state index contributed by atoms with van der Waals surface area (Å²) in [4.78, 5) is 13.6. The van der Waals surface area contributed by atoms with E-state index in [1.165, 1.54) is 0 Å². The Morgan fingerprint density at radius 1 is 1.28 bits per heavy atom. The molecule has 1 aromatic rings. The standard InChI is InChI=1S/C14H23N3O/c1-9(2)8-17(10(3)4)11-5-6-13(15)12(7-11)14(16)18/h5-7,9-10H,8,15H2,1-4H3,(H2,16,18). The number of nitrogens with zero attached hydrogens (tertiary/aromatic N) is 1. The molecule has 0 bridgehead atoms. The van der Waals surface area contributed by atoms with Gasteiger partial charge in [0.25, 0.3) is 5.91 Å². The fourth-order valence-electron chi connectivity index (χ4n) is 1.94. The van der Waals surface area contributed by atoms with Crippen LogP contribution in [0.25, 0.3) is 0 Å². The van der Waals surface area contributed by atoms with Crippen LogP contribution in [-0.2, 0) is 0 Å². The predicted molar refractivity (Wildman–Crippen MR) is 76.7 cm³/mol. The first kappa shape index (κ1) is 14.4. The van der Waals surface area contributed by atoms with Crippen molar-refractivity contribution in [1.29, 1.82) is 0 Å². The number of rotatable bonds is 5. The van der Waals surface area contributed by atoms with Gasteiger partial charge in [-0.05, 0) is 38.0 Å². The minimum absolute atomic E-state index is 0.358. The number of carbonyl (C=O) groups excluding carboxylic acids is 1. The summed E-state index contributed by atoms with van der Waals surface area (Å²) in [5.41, 5.74) is 12.9. The molecule has 0 atom stereocenters. The smallest absolute Gasteiger partial charge is 0.250 e. The van der Waals surface area contributed by atoms with Crippen LogP contribution < -0.4 is 16.4 Å². The summed E-state index contributed by atoms with van der Waals surface area (Å²) < 4.78 is 0. The van der Waals surface area contributed by atoms with Crippen molar-refractivity contribution in [1.82, 2.24) is 0 Å². The minimum atomic E-state index is -0.484. The number of nitrogen functional groups attached to an aromatic ring is 1. The summed E-state index contributed by atoms with van der Waals surface area (Å²) in [5, 5.41) is 0. The largest absolute Gasteiger partial charge is 0.398 e. The summed E-state index contributed by atoms with van der Waals surface area (Å²) in [6.07, 6.45) is 0. The Morgan fingerprint density at radius 3 is 2.33 bits per heavy atom. The quantitative estimate of drug-likeness (QED) is 0.786. The third-order valence-electron chi connectivity index (χ3n) is 2.82. The minimum Gasteiger partial charge on any atom is -0.398 e. The molecule has 0 aliphatic heterocycles. The second kappa shape index (κ2) is 5.76. The van der Waals surface area contributed by atoms with Gasteiger partial charge in [0.05, 0.1) is 5.56 Å². The molecule has 0 aromatic heterocycles. The van der Waals surface area contributed by atoms with Gasteiger partial charge in [0, 0.05) is 24.0 Å². The Hall–Kier alpha value is -1.71. The summed E-state index contributed by atoms with van der Waals surface area (Å²) in [6.45, 7) is 9.52. The average molecular weight is 249 g/mol. The fourth-order valence-corrected chi connectivity index (χ4v) is 1.94. The molecule has 1 amide bonds. The molecule has 4 nitrogen and oxygen atoms in total. The molecule has 0 heterocycles. The highest BCUT2D eigenvalue weighted by atomic mass is 16.1. The van der Waals surface area contributed by atoms with Gasteiger partial charge in [0.2, 0.25) is 0 Å². The van der Waals surface area contributed by atoms with Crippen LogP contribution in [0.1, 0.15) is 38.1 Å². The fraction of sp³-hybridized carbons (Fsp3) is 0.500. The molecule has 0 aliphatic carbocycles.